The molecule has 0 aliphatic heterocycles. The second-order valence-electron chi connectivity index (χ2n) is 6.41. The van der Waals surface area contributed by atoms with Gasteiger partial charge in [-0.3, -0.25) is 4.90 Å². The molecule has 5 nitrogen and oxygen atoms in total. The van der Waals surface area contributed by atoms with Crippen molar-refractivity contribution < 1.29 is 8.42 Å². The Kier molecular flexibility index (Phi) is 3.99. The molecule has 2 heterocycles. The third kappa shape index (κ3) is 2.90. The van der Waals surface area contributed by atoms with E-state index in [1.165, 1.54) is 6.26 Å². The molecule has 1 saturated carbocycles. The van der Waals surface area contributed by atoms with Crippen LogP contribution >= 0.6 is 0 Å². The monoisotopic (exact) mass is 321 g/mol. The molecule has 1 fully saturated rings. The highest BCUT2D eigenvalue weighted by Crippen LogP contribution is 2.29. The van der Waals surface area contributed by atoms with Crippen LogP contribution < -0.4 is 0 Å². The largest absolute Gasteiger partial charge is 0.304 e. The summed E-state index contributed by atoms with van der Waals surface area (Å²) in [5, 5.41) is -0.240. The van der Waals surface area contributed by atoms with E-state index in [0.29, 0.717) is 6.54 Å². The first-order valence-corrected chi connectivity index (χ1v) is 9.64. The minimum absolute atomic E-state index is 0.0981. The van der Waals surface area contributed by atoms with Crippen LogP contribution in [0.4, 0.5) is 0 Å². The summed E-state index contributed by atoms with van der Waals surface area (Å²) in [7, 11) is -0.983. The second-order valence-corrected chi connectivity index (χ2v) is 8.67. The predicted octanol–water partition coefficient (Wildman–Crippen LogP) is 2.04. The summed E-state index contributed by atoms with van der Waals surface area (Å²) in [6.45, 7) is 2.73. The van der Waals surface area contributed by atoms with Gasteiger partial charge in [-0.2, -0.15) is 0 Å². The Morgan fingerprint density at radius 1 is 1.36 bits per heavy atom. The first kappa shape index (κ1) is 15.5. The van der Waals surface area contributed by atoms with Gasteiger partial charge in [0.05, 0.1) is 10.9 Å². The molecule has 3 rings (SSSR count). The maximum absolute atomic E-state index is 11.9. The number of fused-ring (bicyclic) bond motifs is 1. The minimum Gasteiger partial charge on any atom is -0.304 e. The molecule has 120 valence electrons. The lowest BCUT2D eigenvalue weighted by atomic mass is 10.2. The molecule has 2 atom stereocenters. The maximum atomic E-state index is 11.9. The lowest BCUT2D eigenvalue weighted by Gasteiger charge is -2.28. The van der Waals surface area contributed by atoms with Crippen molar-refractivity contribution in [2.75, 3.05) is 13.3 Å². The highest BCUT2D eigenvalue weighted by atomic mass is 32.2. The van der Waals surface area contributed by atoms with Gasteiger partial charge in [0, 0.05) is 30.7 Å². The summed E-state index contributed by atoms with van der Waals surface area (Å²) < 4.78 is 26.0. The molecule has 0 N–H and O–H groups in total. The van der Waals surface area contributed by atoms with Gasteiger partial charge in [0.25, 0.3) is 0 Å². The van der Waals surface area contributed by atoms with Crippen LogP contribution in [0.2, 0.25) is 0 Å². The van der Waals surface area contributed by atoms with Crippen molar-refractivity contribution in [2.24, 2.45) is 0 Å². The third-order valence-electron chi connectivity index (χ3n) is 4.69. The van der Waals surface area contributed by atoms with E-state index in [0.717, 1.165) is 36.3 Å². The molecule has 2 aromatic rings. The molecule has 6 heteroatoms. The van der Waals surface area contributed by atoms with E-state index < -0.39 is 9.84 Å². The zero-order valence-electron chi connectivity index (χ0n) is 13.4. The topological polar surface area (TPSA) is 54.7 Å². The lowest BCUT2D eigenvalue weighted by Crippen LogP contribution is -2.40. The average molecular weight is 321 g/mol. The third-order valence-corrected chi connectivity index (χ3v) is 6.34. The highest BCUT2D eigenvalue weighted by molar-refractivity contribution is 7.91. The second kappa shape index (κ2) is 5.66. The first-order valence-electron chi connectivity index (χ1n) is 7.69. The number of imidazole rings is 1. The number of rotatable bonds is 4. The summed E-state index contributed by atoms with van der Waals surface area (Å²) in [4.78, 5) is 6.79. The van der Waals surface area contributed by atoms with Crippen molar-refractivity contribution in [3.05, 3.63) is 35.8 Å². The molecule has 0 spiro atoms. The molecule has 2 aromatic heterocycles. The fourth-order valence-electron chi connectivity index (χ4n) is 3.56. The summed E-state index contributed by atoms with van der Waals surface area (Å²) >= 11 is 0. The predicted molar refractivity (Wildman–Crippen MR) is 87.7 cm³/mol. The van der Waals surface area contributed by atoms with Gasteiger partial charge in [0.2, 0.25) is 0 Å². The summed E-state index contributed by atoms with van der Waals surface area (Å²) in [5.74, 6) is 0. The average Bonchev–Trinajstić information content (AvgIpc) is 3.04. The van der Waals surface area contributed by atoms with E-state index in [4.69, 9.17) is 0 Å². The number of aryl methyl sites for hydroxylation is 1. The summed E-state index contributed by atoms with van der Waals surface area (Å²) in [5.41, 5.74) is 3.07. The van der Waals surface area contributed by atoms with Crippen LogP contribution in [-0.4, -0.2) is 47.3 Å². The van der Waals surface area contributed by atoms with Crippen LogP contribution in [0.1, 0.15) is 30.7 Å². The summed E-state index contributed by atoms with van der Waals surface area (Å²) in [6.07, 6.45) is 6.11. The van der Waals surface area contributed by atoms with Crippen molar-refractivity contribution in [1.82, 2.24) is 14.3 Å². The number of sulfone groups is 1. The lowest BCUT2D eigenvalue weighted by molar-refractivity contribution is 0.236. The smallest absolute Gasteiger partial charge is 0.151 e. The molecule has 0 bridgehead atoms. The minimum atomic E-state index is -2.99. The Hall–Kier alpha value is -1.40. The Labute approximate surface area is 131 Å². The van der Waals surface area contributed by atoms with Crippen LogP contribution in [0, 0.1) is 6.92 Å². The van der Waals surface area contributed by atoms with E-state index in [2.05, 4.69) is 27.3 Å². The Morgan fingerprint density at radius 3 is 2.82 bits per heavy atom. The van der Waals surface area contributed by atoms with Crippen molar-refractivity contribution in [2.45, 2.75) is 44.0 Å². The Morgan fingerprint density at radius 2 is 2.14 bits per heavy atom. The zero-order chi connectivity index (χ0) is 15.9. The van der Waals surface area contributed by atoms with E-state index in [9.17, 15) is 8.42 Å². The molecule has 1 aliphatic rings. The number of pyridine rings is 1. The normalized spacial score (nSPS) is 22.7. The van der Waals surface area contributed by atoms with E-state index in [1.807, 2.05) is 25.4 Å². The van der Waals surface area contributed by atoms with Gasteiger partial charge in [0.15, 0.2) is 9.84 Å². The van der Waals surface area contributed by atoms with E-state index in [-0.39, 0.29) is 11.3 Å². The standard InChI is InChI=1S/C16H23N3O2S/c1-12-6-4-9-16-17-13(11-19(12)16)10-18(2)14-7-5-8-15(14)22(3,20)21/h4,6,9,11,14-15H,5,7-8,10H2,1-3H3. The maximum Gasteiger partial charge on any atom is 0.151 e. The fraction of sp³-hybridized carbons (Fsp3) is 0.562. The molecule has 0 amide bonds. The number of nitrogens with zero attached hydrogens (tertiary/aromatic N) is 3. The van der Waals surface area contributed by atoms with Gasteiger partial charge in [0.1, 0.15) is 5.65 Å². The van der Waals surface area contributed by atoms with Crippen LogP contribution in [0.15, 0.2) is 24.4 Å². The van der Waals surface area contributed by atoms with Crippen molar-refractivity contribution in [3.63, 3.8) is 0 Å². The molecular formula is C16H23N3O2S. The molecule has 0 saturated heterocycles. The van der Waals surface area contributed by atoms with E-state index >= 15 is 0 Å². The van der Waals surface area contributed by atoms with Crippen molar-refractivity contribution in [3.8, 4) is 0 Å². The fourth-order valence-corrected chi connectivity index (χ4v) is 5.07. The number of hydrogen-bond donors (Lipinski definition) is 0. The Balaban J connectivity index is 1.81. The molecular weight excluding hydrogens is 298 g/mol. The number of aromatic nitrogens is 2. The highest BCUT2D eigenvalue weighted by Gasteiger charge is 2.37. The Bertz CT molecular complexity index is 782. The van der Waals surface area contributed by atoms with Crippen LogP contribution in [0.3, 0.4) is 0 Å². The molecule has 0 aromatic carbocycles. The van der Waals surface area contributed by atoms with E-state index in [1.54, 1.807) is 0 Å². The quantitative estimate of drug-likeness (QED) is 0.865. The van der Waals surface area contributed by atoms with Crippen molar-refractivity contribution >= 4 is 15.5 Å². The van der Waals surface area contributed by atoms with Gasteiger partial charge in [-0.1, -0.05) is 12.5 Å². The van der Waals surface area contributed by atoms with Gasteiger partial charge in [-0.25, -0.2) is 13.4 Å². The number of hydrogen-bond acceptors (Lipinski definition) is 4. The van der Waals surface area contributed by atoms with Gasteiger partial charge in [-0.15, -0.1) is 0 Å². The van der Waals surface area contributed by atoms with Crippen LogP contribution in [0.5, 0.6) is 0 Å². The van der Waals surface area contributed by atoms with Crippen LogP contribution in [0.25, 0.3) is 5.65 Å². The molecule has 1 aliphatic carbocycles. The van der Waals surface area contributed by atoms with Crippen LogP contribution in [-0.2, 0) is 16.4 Å². The molecule has 22 heavy (non-hydrogen) atoms. The summed E-state index contributed by atoms with van der Waals surface area (Å²) in [6, 6.07) is 6.15. The first-order chi connectivity index (χ1) is 10.4. The van der Waals surface area contributed by atoms with Gasteiger partial charge in [-0.05, 0) is 38.9 Å². The SMILES string of the molecule is Cc1cccc2nc(CN(C)C3CCCC3S(C)(=O)=O)cn12. The van der Waals surface area contributed by atoms with Gasteiger partial charge < -0.3 is 4.40 Å². The molecule has 0 radical (unpaired) electrons. The van der Waals surface area contributed by atoms with Crippen molar-refractivity contribution in [1.29, 1.82) is 0 Å². The zero-order valence-corrected chi connectivity index (χ0v) is 14.2. The van der Waals surface area contributed by atoms with Gasteiger partial charge >= 0.3 is 0 Å². The molecule has 2 unspecified atom stereocenters.